The van der Waals surface area contributed by atoms with Crippen LogP contribution >= 0.6 is 11.3 Å². The van der Waals surface area contributed by atoms with Crippen molar-refractivity contribution in [1.29, 1.82) is 0 Å². The topological polar surface area (TPSA) is 50.7 Å². The molecule has 19 heavy (non-hydrogen) atoms. The van der Waals surface area contributed by atoms with Crippen molar-refractivity contribution < 1.29 is 0 Å². The maximum absolute atomic E-state index is 4.80. The van der Waals surface area contributed by atoms with Crippen LogP contribution in [-0.4, -0.2) is 22.0 Å². The summed E-state index contributed by atoms with van der Waals surface area (Å²) in [5.41, 5.74) is 2.45. The number of hydrogen-bond donors (Lipinski definition) is 1. The molecule has 0 amide bonds. The molecular formula is C14H18N4S. The lowest BCUT2D eigenvalue weighted by Gasteiger charge is -2.34. The fraction of sp³-hybridized carbons (Fsp3) is 0.500. The summed E-state index contributed by atoms with van der Waals surface area (Å²) in [6.45, 7) is 4.62. The van der Waals surface area contributed by atoms with Crippen LogP contribution in [0.3, 0.4) is 0 Å². The molecule has 100 valence electrons. The van der Waals surface area contributed by atoms with Gasteiger partial charge in [0.05, 0.1) is 5.69 Å². The van der Waals surface area contributed by atoms with Crippen LogP contribution in [0.4, 0.5) is 0 Å². The normalized spacial score (nSPS) is 21.1. The molecule has 0 saturated heterocycles. The van der Waals surface area contributed by atoms with Crippen molar-refractivity contribution in [3.63, 3.8) is 0 Å². The molecule has 5 heteroatoms. The molecule has 1 unspecified atom stereocenters. The van der Waals surface area contributed by atoms with E-state index in [1.165, 1.54) is 10.6 Å². The van der Waals surface area contributed by atoms with Gasteiger partial charge in [0.15, 0.2) is 0 Å². The number of aromatic nitrogens is 3. The van der Waals surface area contributed by atoms with Gasteiger partial charge in [-0.15, -0.1) is 11.3 Å². The number of hydrogen-bond acceptors (Lipinski definition) is 5. The van der Waals surface area contributed by atoms with Gasteiger partial charge in [-0.3, -0.25) is 0 Å². The van der Waals surface area contributed by atoms with Crippen LogP contribution in [0.15, 0.2) is 18.6 Å². The number of thiazole rings is 1. The Hall–Kier alpha value is -1.33. The third-order valence-electron chi connectivity index (χ3n) is 3.60. The van der Waals surface area contributed by atoms with Crippen molar-refractivity contribution in [2.24, 2.45) is 5.41 Å². The molecule has 1 N–H and O–H groups in total. The molecule has 2 aromatic rings. The lowest BCUT2D eigenvalue weighted by atomic mass is 9.76. The quantitative estimate of drug-likeness (QED) is 0.915. The molecule has 1 atom stereocenters. The first-order valence-corrected chi connectivity index (χ1v) is 7.34. The van der Waals surface area contributed by atoms with Crippen molar-refractivity contribution >= 4 is 11.3 Å². The highest BCUT2D eigenvalue weighted by atomic mass is 32.1. The average molecular weight is 274 g/mol. The van der Waals surface area contributed by atoms with Gasteiger partial charge in [0.2, 0.25) is 0 Å². The summed E-state index contributed by atoms with van der Waals surface area (Å²) in [5, 5.41) is 4.42. The Labute approximate surface area is 117 Å². The van der Waals surface area contributed by atoms with E-state index in [1.54, 1.807) is 23.9 Å². The van der Waals surface area contributed by atoms with Gasteiger partial charge in [-0.2, -0.15) is 0 Å². The first kappa shape index (κ1) is 12.7. The average Bonchev–Trinajstić information content (AvgIpc) is 2.81. The fourth-order valence-electron chi connectivity index (χ4n) is 2.69. The Morgan fingerprint density at radius 3 is 2.95 bits per heavy atom. The van der Waals surface area contributed by atoms with Crippen LogP contribution < -0.4 is 5.32 Å². The third-order valence-corrected chi connectivity index (χ3v) is 4.83. The van der Waals surface area contributed by atoms with Crippen molar-refractivity contribution in [3.05, 3.63) is 29.2 Å². The molecule has 1 aliphatic rings. The number of rotatable bonds is 2. The van der Waals surface area contributed by atoms with E-state index < -0.39 is 0 Å². The molecule has 0 bridgehead atoms. The van der Waals surface area contributed by atoms with Crippen LogP contribution in [0.2, 0.25) is 0 Å². The number of nitrogens with zero attached hydrogens (tertiary/aromatic N) is 3. The second-order valence-electron chi connectivity index (χ2n) is 5.81. The summed E-state index contributed by atoms with van der Waals surface area (Å²) in [4.78, 5) is 14.4. The number of fused-ring (bicyclic) bond motifs is 1. The van der Waals surface area contributed by atoms with Gasteiger partial charge in [0, 0.05) is 17.1 Å². The second kappa shape index (κ2) is 4.65. The Morgan fingerprint density at radius 1 is 1.42 bits per heavy atom. The van der Waals surface area contributed by atoms with E-state index in [9.17, 15) is 0 Å². The first-order chi connectivity index (χ1) is 9.09. The molecular weight excluding hydrogens is 256 g/mol. The lowest BCUT2D eigenvalue weighted by molar-refractivity contribution is 0.265. The van der Waals surface area contributed by atoms with Crippen LogP contribution in [0.5, 0.6) is 0 Å². The molecule has 2 heterocycles. The Bertz CT molecular complexity index is 576. The zero-order valence-electron chi connectivity index (χ0n) is 11.5. The maximum Gasteiger partial charge on any atom is 0.142 e. The minimum atomic E-state index is 0.303. The Kier molecular flexibility index (Phi) is 3.11. The van der Waals surface area contributed by atoms with Gasteiger partial charge in [-0.1, -0.05) is 13.8 Å². The highest BCUT2D eigenvalue weighted by molar-refractivity contribution is 7.15. The maximum atomic E-state index is 4.80. The van der Waals surface area contributed by atoms with Gasteiger partial charge >= 0.3 is 0 Å². The van der Waals surface area contributed by atoms with Crippen molar-refractivity contribution in [3.8, 4) is 10.7 Å². The Morgan fingerprint density at radius 2 is 2.26 bits per heavy atom. The van der Waals surface area contributed by atoms with Gasteiger partial charge in [0.1, 0.15) is 17.0 Å². The van der Waals surface area contributed by atoms with E-state index in [-0.39, 0.29) is 0 Å². The zero-order valence-corrected chi connectivity index (χ0v) is 12.3. The lowest BCUT2D eigenvalue weighted by Crippen LogP contribution is -2.30. The largest absolute Gasteiger partial charge is 0.312 e. The molecule has 0 saturated carbocycles. The van der Waals surface area contributed by atoms with E-state index in [2.05, 4.69) is 29.1 Å². The van der Waals surface area contributed by atoms with Gasteiger partial charge in [-0.25, -0.2) is 15.0 Å². The molecule has 0 aliphatic heterocycles. The summed E-state index contributed by atoms with van der Waals surface area (Å²) >= 11 is 1.76. The predicted octanol–water partition coefficient (Wildman–Crippen LogP) is 2.83. The van der Waals surface area contributed by atoms with Gasteiger partial charge in [-0.05, 0) is 31.4 Å². The summed E-state index contributed by atoms with van der Waals surface area (Å²) in [7, 11) is 2.03. The summed E-state index contributed by atoms with van der Waals surface area (Å²) < 4.78 is 0. The van der Waals surface area contributed by atoms with E-state index in [0.717, 1.165) is 23.5 Å². The molecule has 0 fully saturated rings. The van der Waals surface area contributed by atoms with Crippen LogP contribution in [-0.2, 0) is 6.42 Å². The summed E-state index contributed by atoms with van der Waals surface area (Å²) in [5.74, 6) is 0. The molecule has 0 aromatic carbocycles. The molecule has 1 aliphatic carbocycles. The van der Waals surface area contributed by atoms with Gasteiger partial charge < -0.3 is 5.32 Å². The molecule has 4 nitrogen and oxygen atoms in total. The molecule has 2 aromatic heterocycles. The minimum absolute atomic E-state index is 0.303. The summed E-state index contributed by atoms with van der Waals surface area (Å²) in [6, 6.07) is 2.33. The Balaban J connectivity index is 2.03. The highest BCUT2D eigenvalue weighted by Gasteiger charge is 2.34. The van der Waals surface area contributed by atoms with Crippen molar-refractivity contribution in [2.45, 2.75) is 32.7 Å². The third kappa shape index (κ3) is 2.40. The van der Waals surface area contributed by atoms with Crippen molar-refractivity contribution in [2.75, 3.05) is 7.05 Å². The van der Waals surface area contributed by atoms with E-state index >= 15 is 0 Å². The fourth-order valence-corrected chi connectivity index (χ4v) is 3.86. The van der Waals surface area contributed by atoms with E-state index in [4.69, 9.17) is 4.98 Å². The van der Waals surface area contributed by atoms with Crippen LogP contribution in [0.1, 0.15) is 36.9 Å². The minimum Gasteiger partial charge on any atom is -0.312 e. The molecule has 0 spiro atoms. The van der Waals surface area contributed by atoms with E-state index in [0.29, 0.717) is 11.5 Å². The predicted molar refractivity (Wildman–Crippen MR) is 77.0 cm³/mol. The van der Waals surface area contributed by atoms with Crippen molar-refractivity contribution in [1.82, 2.24) is 20.3 Å². The molecule has 0 radical (unpaired) electrons. The standard InChI is InChI=1S/C14H18N4S/c1-14(2)6-10(15-3)12-11(7-14)18-13(19-12)9-4-5-16-8-17-9/h4-5,8,10,15H,6-7H2,1-3H3. The highest BCUT2D eigenvalue weighted by Crippen LogP contribution is 2.44. The summed E-state index contributed by atoms with van der Waals surface area (Å²) in [6.07, 6.45) is 5.54. The van der Waals surface area contributed by atoms with Gasteiger partial charge in [0.25, 0.3) is 0 Å². The van der Waals surface area contributed by atoms with E-state index in [1.807, 2.05) is 13.1 Å². The van der Waals surface area contributed by atoms with Crippen LogP contribution in [0.25, 0.3) is 10.7 Å². The monoisotopic (exact) mass is 274 g/mol. The number of nitrogens with one attached hydrogen (secondary N) is 1. The second-order valence-corrected chi connectivity index (χ2v) is 6.84. The smallest absolute Gasteiger partial charge is 0.142 e. The van der Waals surface area contributed by atoms with Crippen LogP contribution in [0, 0.1) is 5.41 Å². The molecule has 3 rings (SSSR count). The SMILES string of the molecule is CNC1CC(C)(C)Cc2nc(-c3ccncn3)sc21. The first-order valence-electron chi connectivity index (χ1n) is 6.52. The zero-order chi connectivity index (χ0) is 13.5.